The number of carbonyl (C=O) groups excluding carboxylic acids is 1. The summed E-state index contributed by atoms with van der Waals surface area (Å²) in [5.74, 6) is 0.188. The number of nitrogens with one attached hydrogen (secondary N) is 1. The molecule has 0 aliphatic rings. The third-order valence-corrected chi connectivity index (χ3v) is 7.06. The second-order valence-electron chi connectivity index (χ2n) is 6.72. The number of ether oxygens (including phenoxy) is 1. The fourth-order valence-electron chi connectivity index (χ4n) is 2.86. The van der Waals surface area contributed by atoms with Crippen LogP contribution in [-0.2, 0) is 14.8 Å². The molecule has 2 aromatic rings. The molecule has 0 radical (unpaired) electrons. The lowest BCUT2D eigenvalue weighted by Crippen LogP contribution is -2.44. The summed E-state index contributed by atoms with van der Waals surface area (Å²) in [6.07, 6.45) is 1.57. The fraction of sp³-hybridized carbons (Fsp3) is 0.381. The highest BCUT2D eigenvalue weighted by Crippen LogP contribution is 2.30. The van der Waals surface area contributed by atoms with Crippen LogP contribution in [0.3, 0.4) is 0 Å². The number of methoxy groups -OCH3 is 1. The van der Waals surface area contributed by atoms with Crippen molar-refractivity contribution >= 4 is 37.5 Å². The van der Waals surface area contributed by atoms with E-state index < -0.39 is 10.0 Å². The number of benzene rings is 2. The summed E-state index contributed by atoms with van der Waals surface area (Å²) in [6, 6.07) is 11.6. The SMILES string of the molecule is CCC(CC)NC(=O)CN(c1ccc(C)cc1)S(=O)(=O)c1ccc(OC)c(Br)c1. The molecule has 158 valence electrons. The molecule has 0 atom stereocenters. The first-order valence-electron chi connectivity index (χ1n) is 9.45. The van der Waals surface area contributed by atoms with Gasteiger partial charge in [-0.2, -0.15) is 0 Å². The smallest absolute Gasteiger partial charge is 0.264 e. The van der Waals surface area contributed by atoms with Crippen molar-refractivity contribution < 1.29 is 17.9 Å². The summed E-state index contributed by atoms with van der Waals surface area (Å²) in [5.41, 5.74) is 1.43. The van der Waals surface area contributed by atoms with E-state index in [0.717, 1.165) is 22.7 Å². The van der Waals surface area contributed by atoms with Gasteiger partial charge in [-0.1, -0.05) is 31.5 Å². The zero-order valence-electron chi connectivity index (χ0n) is 17.1. The number of sulfonamides is 1. The lowest BCUT2D eigenvalue weighted by molar-refractivity contribution is -0.120. The van der Waals surface area contributed by atoms with Crippen molar-refractivity contribution in [3.8, 4) is 5.75 Å². The maximum atomic E-state index is 13.4. The molecule has 0 fully saturated rings. The summed E-state index contributed by atoms with van der Waals surface area (Å²) in [6.45, 7) is 5.59. The Bertz CT molecular complexity index is 942. The Balaban J connectivity index is 2.44. The van der Waals surface area contributed by atoms with Crippen molar-refractivity contribution in [1.82, 2.24) is 5.32 Å². The van der Waals surface area contributed by atoms with Crippen LogP contribution in [0.1, 0.15) is 32.3 Å². The van der Waals surface area contributed by atoms with Gasteiger partial charge < -0.3 is 10.1 Å². The lowest BCUT2D eigenvalue weighted by Gasteiger charge is -2.25. The van der Waals surface area contributed by atoms with Gasteiger partial charge in [-0.25, -0.2) is 8.42 Å². The minimum absolute atomic E-state index is 0.0141. The Morgan fingerprint density at radius 1 is 1.14 bits per heavy atom. The Morgan fingerprint density at radius 3 is 2.28 bits per heavy atom. The summed E-state index contributed by atoms with van der Waals surface area (Å²) in [7, 11) is -2.46. The number of anilines is 1. The summed E-state index contributed by atoms with van der Waals surface area (Å²) in [5, 5.41) is 2.91. The van der Waals surface area contributed by atoms with Crippen molar-refractivity contribution in [1.29, 1.82) is 0 Å². The predicted molar refractivity (Wildman–Crippen MR) is 119 cm³/mol. The van der Waals surface area contributed by atoms with Gasteiger partial charge in [-0.15, -0.1) is 0 Å². The van der Waals surface area contributed by atoms with Gasteiger partial charge in [0.1, 0.15) is 12.3 Å². The zero-order valence-corrected chi connectivity index (χ0v) is 19.5. The third-order valence-electron chi connectivity index (χ3n) is 4.67. The first-order chi connectivity index (χ1) is 13.7. The Labute approximate surface area is 181 Å². The summed E-state index contributed by atoms with van der Waals surface area (Å²) in [4.78, 5) is 12.7. The van der Waals surface area contributed by atoms with Crippen LogP contribution in [0, 0.1) is 6.92 Å². The minimum Gasteiger partial charge on any atom is -0.496 e. The van der Waals surface area contributed by atoms with Gasteiger partial charge in [0.2, 0.25) is 5.91 Å². The minimum atomic E-state index is -3.97. The van der Waals surface area contributed by atoms with E-state index >= 15 is 0 Å². The molecule has 0 aliphatic carbocycles. The normalized spacial score (nSPS) is 11.4. The van der Waals surface area contributed by atoms with Crippen LogP contribution in [0.5, 0.6) is 5.75 Å². The first kappa shape index (κ1) is 23.2. The van der Waals surface area contributed by atoms with E-state index in [1.54, 1.807) is 18.2 Å². The lowest BCUT2D eigenvalue weighted by atomic mass is 10.2. The number of hydrogen-bond donors (Lipinski definition) is 1. The van der Waals surface area contributed by atoms with E-state index in [1.807, 2.05) is 32.9 Å². The van der Waals surface area contributed by atoms with Crippen LogP contribution in [0.25, 0.3) is 0 Å². The quantitative estimate of drug-likeness (QED) is 0.578. The summed E-state index contributed by atoms with van der Waals surface area (Å²) >= 11 is 3.33. The molecule has 0 saturated heterocycles. The molecule has 0 aliphatic heterocycles. The standard InChI is InChI=1S/C21H27BrN2O4S/c1-5-16(6-2)23-21(25)14-24(17-9-7-15(3)8-10-17)29(26,27)18-11-12-20(28-4)19(22)13-18/h7-13,16H,5-6,14H2,1-4H3,(H,23,25). The van der Waals surface area contributed by atoms with Crippen LogP contribution in [0.2, 0.25) is 0 Å². The Kier molecular flexibility index (Phi) is 8.10. The third kappa shape index (κ3) is 5.73. The van der Waals surface area contributed by atoms with E-state index in [4.69, 9.17) is 4.74 Å². The van der Waals surface area contributed by atoms with Gasteiger partial charge >= 0.3 is 0 Å². The Morgan fingerprint density at radius 2 is 1.76 bits per heavy atom. The molecular formula is C21H27BrN2O4S. The molecule has 29 heavy (non-hydrogen) atoms. The molecule has 1 N–H and O–H groups in total. The zero-order chi connectivity index (χ0) is 21.6. The first-order valence-corrected chi connectivity index (χ1v) is 11.7. The molecule has 0 unspecified atom stereocenters. The van der Waals surface area contributed by atoms with E-state index in [0.29, 0.717) is 15.9 Å². The van der Waals surface area contributed by atoms with Gasteiger partial charge in [0.05, 0.1) is 22.2 Å². The molecule has 2 rings (SSSR count). The van der Waals surface area contributed by atoms with Gasteiger partial charge in [-0.3, -0.25) is 9.10 Å². The van der Waals surface area contributed by atoms with Gasteiger partial charge in [0.25, 0.3) is 10.0 Å². The van der Waals surface area contributed by atoms with Gasteiger partial charge in [-0.05, 0) is 66.0 Å². The van der Waals surface area contributed by atoms with Crippen molar-refractivity contribution in [2.45, 2.75) is 44.6 Å². The molecule has 8 heteroatoms. The number of halogens is 1. The van der Waals surface area contributed by atoms with Crippen LogP contribution in [0.15, 0.2) is 51.8 Å². The number of rotatable bonds is 9. The van der Waals surface area contributed by atoms with Crippen molar-refractivity contribution in [2.24, 2.45) is 0 Å². The fourth-order valence-corrected chi connectivity index (χ4v) is 5.00. The number of aryl methyl sites for hydroxylation is 1. The van der Waals surface area contributed by atoms with Crippen LogP contribution < -0.4 is 14.4 Å². The molecule has 0 spiro atoms. The van der Waals surface area contributed by atoms with Gasteiger partial charge in [0, 0.05) is 6.04 Å². The van der Waals surface area contributed by atoms with Crippen molar-refractivity contribution in [3.63, 3.8) is 0 Å². The second kappa shape index (κ2) is 10.1. The molecule has 0 aromatic heterocycles. The molecule has 0 bridgehead atoms. The number of carbonyl (C=O) groups is 1. The monoisotopic (exact) mass is 482 g/mol. The molecular weight excluding hydrogens is 456 g/mol. The second-order valence-corrected chi connectivity index (χ2v) is 9.44. The summed E-state index contributed by atoms with van der Waals surface area (Å²) < 4.78 is 33.7. The van der Waals surface area contributed by atoms with E-state index in [9.17, 15) is 13.2 Å². The van der Waals surface area contributed by atoms with Crippen LogP contribution in [0.4, 0.5) is 5.69 Å². The highest BCUT2D eigenvalue weighted by atomic mass is 79.9. The average Bonchev–Trinajstić information content (AvgIpc) is 2.70. The molecule has 0 saturated carbocycles. The van der Waals surface area contributed by atoms with E-state index in [1.165, 1.54) is 19.2 Å². The molecule has 1 amide bonds. The van der Waals surface area contributed by atoms with Gasteiger partial charge in [0.15, 0.2) is 0 Å². The molecule has 2 aromatic carbocycles. The topological polar surface area (TPSA) is 75.7 Å². The molecule has 0 heterocycles. The van der Waals surface area contributed by atoms with E-state index in [2.05, 4.69) is 21.2 Å². The Hall–Kier alpha value is -2.06. The largest absolute Gasteiger partial charge is 0.496 e. The predicted octanol–water partition coefficient (Wildman–Crippen LogP) is 4.27. The van der Waals surface area contributed by atoms with Crippen LogP contribution >= 0.6 is 15.9 Å². The van der Waals surface area contributed by atoms with Crippen molar-refractivity contribution in [3.05, 3.63) is 52.5 Å². The van der Waals surface area contributed by atoms with Crippen molar-refractivity contribution in [2.75, 3.05) is 18.0 Å². The van der Waals surface area contributed by atoms with Crippen LogP contribution in [-0.4, -0.2) is 34.0 Å². The average molecular weight is 483 g/mol. The maximum absolute atomic E-state index is 13.4. The molecule has 6 nitrogen and oxygen atoms in total. The number of nitrogens with zero attached hydrogens (tertiary/aromatic N) is 1. The van der Waals surface area contributed by atoms with E-state index in [-0.39, 0.29) is 23.4 Å². The highest BCUT2D eigenvalue weighted by Gasteiger charge is 2.28. The maximum Gasteiger partial charge on any atom is 0.264 e. The highest BCUT2D eigenvalue weighted by molar-refractivity contribution is 9.10. The number of amides is 1. The number of hydrogen-bond acceptors (Lipinski definition) is 4.